The number of carbonyl (C=O) groups is 1. The second-order valence-electron chi connectivity index (χ2n) is 2.73. The Hall–Kier alpha value is -0.440. The highest BCUT2D eigenvalue weighted by molar-refractivity contribution is 8.04. The van der Waals surface area contributed by atoms with Crippen LogP contribution in [-0.4, -0.2) is 23.1 Å². The molecule has 1 aliphatic heterocycles. The van der Waals surface area contributed by atoms with Crippen molar-refractivity contribution in [2.45, 2.75) is 20.8 Å². The topological polar surface area (TPSA) is 20.3 Å². The average Bonchev–Trinajstić information content (AvgIpc) is 2.30. The number of amides is 1. The summed E-state index contributed by atoms with van der Waals surface area (Å²) in [5.41, 5.74) is 1.24. The first kappa shape index (κ1) is 8.65. The lowest BCUT2D eigenvalue weighted by Crippen LogP contribution is -2.24. The maximum Gasteiger partial charge on any atom is 0.237 e. The van der Waals surface area contributed by atoms with Crippen molar-refractivity contribution in [1.29, 1.82) is 0 Å². The monoisotopic (exact) mass is 171 g/mol. The predicted molar refractivity (Wildman–Crippen MR) is 48.2 cm³/mol. The van der Waals surface area contributed by atoms with Crippen LogP contribution in [0.4, 0.5) is 0 Å². The Morgan fingerprint density at radius 3 is 2.64 bits per heavy atom. The van der Waals surface area contributed by atoms with Gasteiger partial charge in [-0.05, 0) is 26.3 Å². The van der Waals surface area contributed by atoms with Crippen molar-refractivity contribution in [3.8, 4) is 0 Å². The first-order valence-corrected chi connectivity index (χ1v) is 4.76. The van der Waals surface area contributed by atoms with E-state index in [0.29, 0.717) is 5.75 Å². The number of allylic oxidation sites excluding steroid dienone is 1. The first-order chi connectivity index (χ1) is 5.16. The van der Waals surface area contributed by atoms with Gasteiger partial charge < -0.3 is 4.90 Å². The van der Waals surface area contributed by atoms with Crippen LogP contribution in [0.2, 0.25) is 0 Å². The summed E-state index contributed by atoms with van der Waals surface area (Å²) in [6.45, 7) is 6.90. The number of rotatable bonds is 1. The van der Waals surface area contributed by atoms with Gasteiger partial charge in [-0.1, -0.05) is 11.8 Å². The normalized spacial score (nSPS) is 17.9. The Kier molecular flexibility index (Phi) is 2.60. The third-order valence-corrected chi connectivity index (χ3v) is 2.92. The molecule has 1 heterocycles. The summed E-state index contributed by atoms with van der Waals surface area (Å²) in [6, 6.07) is 0. The lowest BCUT2D eigenvalue weighted by atomic mass is 10.3. The van der Waals surface area contributed by atoms with Crippen LogP contribution < -0.4 is 0 Å². The number of carbonyl (C=O) groups excluding carboxylic acids is 1. The highest BCUT2D eigenvalue weighted by Crippen LogP contribution is 2.30. The smallest absolute Gasteiger partial charge is 0.237 e. The van der Waals surface area contributed by atoms with Crippen molar-refractivity contribution in [2.75, 3.05) is 12.3 Å². The Balaban J connectivity index is 2.86. The molecule has 11 heavy (non-hydrogen) atoms. The van der Waals surface area contributed by atoms with Crippen LogP contribution in [-0.2, 0) is 4.79 Å². The number of hydrogen-bond donors (Lipinski definition) is 0. The highest BCUT2D eigenvalue weighted by atomic mass is 32.2. The van der Waals surface area contributed by atoms with Crippen LogP contribution in [0.3, 0.4) is 0 Å². The molecule has 0 spiro atoms. The van der Waals surface area contributed by atoms with Gasteiger partial charge in [-0.25, -0.2) is 0 Å². The second-order valence-corrected chi connectivity index (χ2v) is 3.70. The van der Waals surface area contributed by atoms with E-state index in [0.717, 1.165) is 11.6 Å². The average molecular weight is 171 g/mol. The summed E-state index contributed by atoms with van der Waals surface area (Å²) >= 11 is 1.65. The molecular weight excluding hydrogens is 158 g/mol. The van der Waals surface area contributed by atoms with Crippen LogP contribution in [0.15, 0.2) is 10.6 Å². The SMILES string of the molecule is CCN1C(=O)CSC1=C(C)C. The Bertz CT molecular complexity index is 206. The zero-order valence-corrected chi connectivity index (χ0v) is 7.99. The molecule has 0 aliphatic carbocycles. The fraction of sp³-hybridized carbons (Fsp3) is 0.625. The minimum atomic E-state index is 0.244. The molecule has 1 fully saturated rings. The molecule has 0 N–H and O–H groups in total. The molecule has 0 bridgehead atoms. The molecule has 0 saturated carbocycles. The second kappa shape index (κ2) is 3.30. The first-order valence-electron chi connectivity index (χ1n) is 3.77. The largest absolute Gasteiger partial charge is 0.306 e. The van der Waals surface area contributed by atoms with Gasteiger partial charge in [-0.3, -0.25) is 4.79 Å². The van der Waals surface area contributed by atoms with E-state index in [2.05, 4.69) is 0 Å². The van der Waals surface area contributed by atoms with Crippen molar-refractivity contribution in [2.24, 2.45) is 0 Å². The predicted octanol–water partition coefficient (Wildman–Crippen LogP) is 1.83. The summed E-state index contributed by atoms with van der Waals surface area (Å²) in [5.74, 6) is 0.864. The van der Waals surface area contributed by atoms with Gasteiger partial charge in [0.25, 0.3) is 0 Å². The van der Waals surface area contributed by atoms with Gasteiger partial charge in [0.15, 0.2) is 0 Å². The quantitative estimate of drug-likeness (QED) is 0.600. The van der Waals surface area contributed by atoms with Crippen LogP contribution in [0, 0.1) is 0 Å². The van der Waals surface area contributed by atoms with E-state index < -0.39 is 0 Å². The molecule has 1 saturated heterocycles. The molecule has 1 rings (SSSR count). The van der Waals surface area contributed by atoms with Crippen molar-refractivity contribution in [3.63, 3.8) is 0 Å². The van der Waals surface area contributed by atoms with Crippen molar-refractivity contribution < 1.29 is 4.79 Å². The molecule has 0 atom stereocenters. The summed E-state index contributed by atoms with van der Waals surface area (Å²) in [5, 5.41) is 1.15. The van der Waals surface area contributed by atoms with Gasteiger partial charge in [0.1, 0.15) is 0 Å². The number of nitrogens with zero attached hydrogens (tertiary/aromatic N) is 1. The number of thioether (sulfide) groups is 1. The summed E-state index contributed by atoms with van der Waals surface area (Å²) in [7, 11) is 0. The molecule has 0 unspecified atom stereocenters. The third kappa shape index (κ3) is 1.59. The molecule has 1 amide bonds. The molecule has 3 heteroatoms. The highest BCUT2D eigenvalue weighted by Gasteiger charge is 2.25. The fourth-order valence-electron chi connectivity index (χ4n) is 1.13. The zero-order chi connectivity index (χ0) is 8.43. The van der Waals surface area contributed by atoms with Gasteiger partial charge >= 0.3 is 0 Å². The summed E-state index contributed by atoms with van der Waals surface area (Å²) < 4.78 is 0. The summed E-state index contributed by atoms with van der Waals surface area (Å²) in [4.78, 5) is 13.0. The number of hydrogen-bond acceptors (Lipinski definition) is 2. The molecule has 0 radical (unpaired) electrons. The van der Waals surface area contributed by atoms with Gasteiger partial charge in [0.05, 0.1) is 10.8 Å². The maximum absolute atomic E-state index is 11.2. The fourth-order valence-corrected chi connectivity index (χ4v) is 2.22. The van der Waals surface area contributed by atoms with Gasteiger partial charge in [-0.15, -0.1) is 0 Å². The third-order valence-electron chi connectivity index (χ3n) is 1.62. The Morgan fingerprint density at radius 1 is 1.64 bits per heavy atom. The van der Waals surface area contributed by atoms with E-state index in [9.17, 15) is 4.79 Å². The maximum atomic E-state index is 11.2. The Morgan fingerprint density at radius 2 is 2.27 bits per heavy atom. The van der Waals surface area contributed by atoms with E-state index >= 15 is 0 Å². The lowest BCUT2D eigenvalue weighted by Gasteiger charge is -2.15. The minimum absolute atomic E-state index is 0.244. The molecule has 62 valence electrons. The minimum Gasteiger partial charge on any atom is -0.306 e. The van der Waals surface area contributed by atoms with E-state index in [4.69, 9.17) is 0 Å². The standard InChI is InChI=1S/C8H13NOS/c1-4-9-7(10)5-11-8(9)6(2)3/h4-5H2,1-3H3. The summed E-state index contributed by atoms with van der Waals surface area (Å²) in [6.07, 6.45) is 0. The van der Waals surface area contributed by atoms with E-state index in [1.54, 1.807) is 11.8 Å². The zero-order valence-electron chi connectivity index (χ0n) is 7.18. The molecule has 0 aromatic carbocycles. The molecule has 0 aromatic rings. The molecule has 0 aromatic heterocycles. The van der Waals surface area contributed by atoms with E-state index in [-0.39, 0.29) is 5.91 Å². The molecule has 2 nitrogen and oxygen atoms in total. The lowest BCUT2D eigenvalue weighted by molar-refractivity contribution is -0.125. The van der Waals surface area contributed by atoms with Crippen molar-refractivity contribution in [1.82, 2.24) is 4.90 Å². The molecule has 1 aliphatic rings. The Labute approximate surface area is 71.6 Å². The van der Waals surface area contributed by atoms with Crippen LogP contribution >= 0.6 is 11.8 Å². The van der Waals surface area contributed by atoms with E-state index in [1.807, 2.05) is 25.7 Å². The van der Waals surface area contributed by atoms with Gasteiger partial charge in [0.2, 0.25) is 5.91 Å². The van der Waals surface area contributed by atoms with Gasteiger partial charge in [0, 0.05) is 6.54 Å². The van der Waals surface area contributed by atoms with Crippen LogP contribution in [0.1, 0.15) is 20.8 Å². The van der Waals surface area contributed by atoms with Crippen LogP contribution in [0.25, 0.3) is 0 Å². The molecular formula is C8H13NOS. The van der Waals surface area contributed by atoms with Crippen LogP contribution in [0.5, 0.6) is 0 Å². The van der Waals surface area contributed by atoms with Gasteiger partial charge in [-0.2, -0.15) is 0 Å². The van der Waals surface area contributed by atoms with Crippen molar-refractivity contribution in [3.05, 3.63) is 10.6 Å². The van der Waals surface area contributed by atoms with E-state index in [1.165, 1.54) is 5.57 Å². The van der Waals surface area contributed by atoms with Crippen molar-refractivity contribution >= 4 is 17.7 Å².